The van der Waals surface area contributed by atoms with E-state index in [1.54, 1.807) is 0 Å². The van der Waals surface area contributed by atoms with Crippen molar-refractivity contribution in [1.82, 2.24) is 0 Å². The predicted molar refractivity (Wildman–Crippen MR) is 75.9 cm³/mol. The van der Waals surface area contributed by atoms with Gasteiger partial charge in [0.15, 0.2) is 0 Å². The molecule has 98 valence electrons. The van der Waals surface area contributed by atoms with Crippen molar-refractivity contribution in [3.63, 3.8) is 0 Å². The van der Waals surface area contributed by atoms with Gasteiger partial charge >= 0.3 is 0 Å². The van der Waals surface area contributed by atoms with Crippen LogP contribution >= 0.6 is 12.4 Å². The maximum Gasteiger partial charge on any atom is 0.121 e. The first-order valence-electron chi connectivity index (χ1n) is 6.12. The van der Waals surface area contributed by atoms with E-state index in [0.717, 1.165) is 23.1 Å². The van der Waals surface area contributed by atoms with Gasteiger partial charge in [-0.3, -0.25) is 0 Å². The van der Waals surface area contributed by atoms with Crippen LogP contribution in [0.5, 0.6) is 5.75 Å². The van der Waals surface area contributed by atoms with Crippen LogP contribution in [0.1, 0.15) is 55.3 Å². The summed E-state index contributed by atoms with van der Waals surface area (Å²) in [6.45, 7) is 6.04. The quantitative estimate of drug-likeness (QED) is 0.783. The third-order valence-electron chi connectivity index (χ3n) is 3.06. The zero-order valence-corrected chi connectivity index (χ0v) is 11.8. The van der Waals surface area contributed by atoms with Crippen LogP contribution in [0.4, 0.5) is 0 Å². The van der Waals surface area contributed by atoms with E-state index in [1.807, 2.05) is 26.0 Å². The van der Waals surface area contributed by atoms with Gasteiger partial charge in [0, 0.05) is 6.04 Å². The highest BCUT2D eigenvalue weighted by molar-refractivity contribution is 5.85. The van der Waals surface area contributed by atoms with Gasteiger partial charge in [-0.05, 0) is 37.0 Å². The fraction of sp³-hybridized carbons (Fsp3) is 0.571. The molecule has 0 radical (unpaired) electrons. The molecule has 0 heterocycles. The van der Waals surface area contributed by atoms with Crippen LogP contribution in [0.25, 0.3) is 0 Å². The normalized spacial score (nSPS) is 12.0. The number of nitrogens with two attached hydrogens (primary N) is 1. The van der Waals surface area contributed by atoms with Gasteiger partial charge in [0.05, 0.1) is 0 Å². The molecular formula is C14H24ClNO. The maximum atomic E-state index is 9.69. The van der Waals surface area contributed by atoms with Gasteiger partial charge in [-0.15, -0.1) is 12.4 Å². The van der Waals surface area contributed by atoms with Crippen molar-refractivity contribution in [2.75, 3.05) is 0 Å². The Labute approximate surface area is 111 Å². The maximum absolute atomic E-state index is 9.69. The summed E-state index contributed by atoms with van der Waals surface area (Å²) in [6.07, 6.45) is 4.66. The van der Waals surface area contributed by atoms with Gasteiger partial charge in [-0.1, -0.05) is 38.3 Å². The molecule has 0 aromatic heterocycles. The fourth-order valence-electron chi connectivity index (χ4n) is 1.98. The summed E-state index contributed by atoms with van der Waals surface area (Å²) in [7, 11) is 0. The first kappa shape index (κ1) is 16.3. The van der Waals surface area contributed by atoms with Crippen molar-refractivity contribution < 1.29 is 5.11 Å². The average molecular weight is 258 g/mol. The van der Waals surface area contributed by atoms with Crippen molar-refractivity contribution in [3.05, 3.63) is 28.8 Å². The van der Waals surface area contributed by atoms with E-state index >= 15 is 0 Å². The van der Waals surface area contributed by atoms with Gasteiger partial charge in [0.1, 0.15) is 5.75 Å². The second-order valence-corrected chi connectivity index (χ2v) is 4.61. The van der Waals surface area contributed by atoms with Crippen molar-refractivity contribution in [1.29, 1.82) is 0 Å². The third kappa shape index (κ3) is 4.57. The van der Waals surface area contributed by atoms with Gasteiger partial charge in [-0.2, -0.15) is 0 Å². The lowest BCUT2D eigenvalue weighted by molar-refractivity contribution is 0.466. The monoisotopic (exact) mass is 257 g/mol. The number of rotatable bonds is 5. The first-order chi connectivity index (χ1) is 7.56. The number of aromatic hydroxyl groups is 1. The molecule has 0 fully saturated rings. The molecular weight excluding hydrogens is 234 g/mol. The Balaban J connectivity index is 0.00000256. The molecule has 1 atom stereocenters. The molecule has 1 aromatic rings. The van der Waals surface area contributed by atoms with E-state index in [4.69, 9.17) is 5.73 Å². The summed E-state index contributed by atoms with van der Waals surface area (Å²) >= 11 is 0. The number of unbranched alkanes of at least 4 members (excludes halogenated alkanes) is 2. The minimum atomic E-state index is 0. The topological polar surface area (TPSA) is 46.2 Å². The smallest absolute Gasteiger partial charge is 0.121 e. The number of phenols is 1. The molecule has 1 aromatic carbocycles. The van der Waals surface area contributed by atoms with Gasteiger partial charge < -0.3 is 10.8 Å². The second-order valence-electron chi connectivity index (χ2n) is 4.61. The molecule has 0 amide bonds. The van der Waals surface area contributed by atoms with Crippen LogP contribution in [0, 0.1) is 13.8 Å². The number of benzene rings is 1. The first-order valence-corrected chi connectivity index (χ1v) is 6.12. The number of hydrogen-bond donors (Lipinski definition) is 2. The molecule has 0 saturated heterocycles. The van der Waals surface area contributed by atoms with Crippen molar-refractivity contribution in [2.24, 2.45) is 5.73 Å². The van der Waals surface area contributed by atoms with E-state index in [2.05, 4.69) is 6.92 Å². The van der Waals surface area contributed by atoms with Crippen molar-refractivity contribution in [3.8, 4) is 5.75 Å². The van der Waals surface area contributed by atoms with E-state index in [-0.39, 0.29) is 18.4 Å². The zero-order valence-electron chi connectivity index (χ0n) is 11.0. The molecule has 0 spiro atoms. The Morgan fingerprint density at radius 1 is 1.18 bits per heavy atom. The van der Waals surface area contributed by atoms with Crippen LogP contribution < -0.4 is 5.73 Å². The Morgan fingerprint density at radius 2 is 1.71 bits per heavy atom. The Morgan fingerprint density at radius 3 is 2.18 bits per heavy atom. The summed E-state index contributed by atoms with van der Waals surface area (Å²) in [5, 5.41) is 9.69. The molecule has 0 aliphatic rings. The largest absolute Gasteiger partial charge is 0.507 e. The molecule has 17 heavy (non-hydrogen) atoms. The third-order valence-corrected chi connectivity index (χ3v) is 3.06. The Bertz CT molecular complexity index is 329. The minimum absolute atomic E-state index is 0. The lowest BCUT2D eigenvalue weighted by Crippen LogP contribution is -2.10. The molecule has 3 N–H and O–H groups in total. The van der Waals surface area contributed by atoms with Crippen LogP contribution in [0.2, 0.25) is 0 Å². The lowest BCUT2D eigenvalue weighted by atomic mass is 9.97. The van der Waals surface area contributed by atoms with Crippen molar-refractivity contribution >= 4 is 12.4 Å². The van der Waals surface area contributed by atoms with E-state index in [1.165, 1.54) is 19.3 Å². The Kier molecular flexibility index (Phi) is 7.24. The SMILES string of the molecule is CCCCC[C@@H](N)c1cc(C)c(O)c(C)c1.Cl. The molecule has 0 saturated carbocycles. The van der Waals surface area contributed by atoms with Crippen LogP contribution in [-0.4, -0.2) is 5.11 Å². The van der Waals surface area contributed by atoms with E-state index in [9.17, 15) is 5.11 Å². The lowest BCUT2D eigenvalue weighted by Gasteiger charge is -2.14. The van der Waals surface area contributed by atoms with Gasteiger partial charge in [0.2, 0.25) is 0 Å². The summed E-state index contributed by atoms with van der Waals surface area (Å²) in [6, 6.07) is 4.10. The highest BCUT2D eigenvalue weighted by atomic mass is 35.5. The highest BCUT2D eigenvalue weighted by Crippen LogP contribution is 2.27. The predicted octanol–water partition coefficient (Wildman–Crippen LogP) is 4.01. The molecule has 1 rings (SSSR count). The highest BCUT2D eigenvalue weighted by Gasteiger charge is 2.09. The summed E-state index contributed by atoms with van der Waals surface area (Å²) in [5.41, 5.74) is 9.12. The van der Waals surface area contributed by atoms with Crippen LogP contribution in [0.15, 0.2) is 12.1 Å². The summed E-state index contributed by atoms with van der Waals surface area (Å²) < 4.78 is 0. The van der Waals surface area contributed by atoms with Crippen LogP contribution in [0.3, 0.4) is 0 Å². The van der Waals surface area contributed by atoms with Crippen molar-refractivity contribution in [2.45, 2.75) is 52.5 Å². The van der Waals surface area contributed by atoms with E-state index < -0.39 is 0 Å². The minimum Gasteiger partial charge on any atom is -0.507 e. The standard InChI is InChI=1S/C14H23NO.ClH/c1-4-5-6-7-13(15)12-8-10(2)14(16)11(3)9-12;/h8-9,13,16H,4-7,15H2,1-3H3;1H/t13-;/m1./s1. The van der Waals surface area contributed by atoms with E-state index in [0.29, 0.717) is 5.75 Å². The molecule has 0 bridgehead atoms. The summed E-state index contributed by atoms with van der Waals surface area (Å²) in [5.74, 6) is 0.393. The average Bonchev–Trinajstić information content (AvgIpc) is 2.25. The molecule has 0 aliphatic carbocycles. The molecule has 3 heteroatoms. The Hall–Kier alpha value is -0.730. The zero-order chi connectivity index (χ0) is 12.1. The number of phenolic OH excluding ortho intramolecular Hbond substituents is 1. The van der Waals surface area contributed by atoms with Crippen LogP contribution in [-0.2, 0) is 0 Å². The molecule has 2 nitrogen and oxygen atoms in total. The second kappa shape index (κ2) is 7.57. The van der Waals surface area contributed by atoms with Gasteiger partial charge in [0.25, 0.3) is 0 Å². The fourth-order valence-corrected chi connectivity index (χ4v) is 1.98. The van der Waals surface area contributed by atoms with Gasteiger partial charge in [-0.25, -0.2) is 0 Å². The number of halogens is 1. The number of aryl methyl sites for hydroxylation is 2. The number of hydrogen-bond acceptors (Lipinski definition) is 2. The molecule has 0 unspecified atom stereocenters. The molecule has 0 aliphatic heterocycles. The summed E-state index contributed by atoms with van der Waals surface area (Å²) in [4.78, 5) is 0.